The van der Waals surface area contributed by atoms with Crippen LogP contribution in [0.25, 0.3) is 0 Å². The van der Waals surface area contributed by atoms with Crippen LogP contribution in [0, 0.1) is 6.92 Å². The summed E-state index contributed by atoms with van der Waals surface area (Å²) in [5.41, 5.74) is 1.55. The van der Waals surface area contributed by atoms with Crippen molar-refractivity contribution in [2.45, 2.75) is 11.8 Å². The Balaban J connectivity index is 2.45. The molecule has 2 rings (SSSR count). The predicted octanol–water partition coefficient (Wildman–Crippen LogP) is 0.479. The maximum absolute atomic E-state index is 11.6. The fourth-order valence-corrected chi connectivity index (χ4v) is 2.75. The Morgan fingerprint density at radius 1 is 1.29 bits per heavy atom. The van der Waals surface area contributed by atoms with E-state index in [4.69, 9.17) is 9.88 Å². The maximum Gasteiger partial charge on any atom is 0.240 e. The molecule has 1 aliphatic rings. The van der Waals surface area contributed by atoms with Crippen LogP contribution in [0.1, 0.15) is 5.56 Å². The lowest BCUT2D eigenvalue weighted by atomic mass is 10.2. The third kappa shape index (κ3) is 2.77. The van der Waals surface area contributed by atoms with Gasteiger partial charge in [0, 0.05) is 13.1 Å². The van der Waals surface area contributed by atoms with Crippen LogP contribution in [-0.2, 0) is 14.8 Å². The number of benzene rings is 1. The van der Waals surface area contributed by atoms with Crippen molar-refractivity contribution in [3.63, 3.8) is 0 Å². The number of aryl methyl sites for hydroxylation is 1. The zero-order valence-corrected chi connectivity index (χ0v) is 10.5. The molecular weight excluding hydrogens is 240 g/mol. The standard InChI is InChI=1S/C11H16N2O3S/c1-9-2-3-10(11(8-9)17(12,14)15)13-4-6-16-7-5-13/h2-3,8H,4-7H2,1H3,(H2,12,14,15). The molecule has 6 heteroatoms. The second kappa shape index (κ2) is 4.64. The smallest absolute Gasteiger partial charge is 0.240 e. The first-order valence-corrected chi connectivity index (χ1v) is 6.99. The molecule has 94 valence electrons. The van der Waals surface area contributed by atoms with Crippen molar-refractivity contribution in [1.29, 1.82) is 0 Å². The first kappa shape index (κ1) is 12.3. The summed E-state index contributed by atoms with van der Waals surface area (Å²) in [6, 6.07) is 5.31. The second-order valence-corrected chi connectivity index (χ2v) is 5.65. The number of morpholine rings is 1. The summed E-state index contributed by atoms with van der Waals surface area (Å²) in [5, 5.41) is 5.25. The predicted molar refractivity (Wildman–Crippen MR) is 65.6 cm³/mol. The van der Waals surface area contributed by atoms with Crippen LogP contribution in [0.15, 0.2) is 23.1 Å². The summed E-state index contributed by atoms with van der Waals surface area (Å²) in [5.74, 6) is 0. The van der Waals surface area contributed by atoms with Gasteiger partial charge >= 0.3 is 0 Å². The monoisotopic (exact) mass is 256 g/mol. The second-order valence-electron chi connectivity index (χ2n) is 4.12. The third-order valence-electron chi connectivity index (χ3n) is 2.77. The van der Waals surface area contributed by atoms with E-state index >= 15 is 0 Å². The molecule has 0 amide bonds. The summed E-state index contributed by atoms with van der Waals surface area (Å²) >= 11 is 0. The van der Waals surface area contributed by atoms with Gasteiger partial charge in [-0.25, -0.2) is 13.6 Å². The number of nitrogens with zero attached hydrogens (tertiary/aromatic N) is 1. The number of primary sulfonamides is 1. The van der Waals surface area contributed by atoms with Crippen molar-refractivity contribution < 1.29 is 13.2 Å². The number of sulfonamides is 1. The van der Waals surface area contributed by atoms with Gasteiger partial charge in [0.25, 0.3) is 0 Å². The highest BCUT2D eigenvalue weighted by atomic mass is 32.2. The Hall–Kier alpha value is -1.11. The Morgan fingerprint density at radius 2 is 1.94 bits per heavy atom. The molecule has 0 saturated carbocycles. The van der Waals surface area contributed by atoms with Crippen LogP contribution in [0.2, 0.25) is 0 Å². The number of anilines is 1. The van der Waals surface area contributed by atoms with Crippen LogP contribution in [0.3, 0.4) is 0 Å². The van der Waals surface area contributed by atoms with Crippen molar-refractivity contribution in [3.05, 3.63) is 23.8 Å². The van der Waals surface area contributed by atoms with Crippen molar-refractivity contribution in [2.75, 3.05) is 31.2 Å². The van der Waals surface area contributed by atoms with E-state index in [-0.39, 0.29) is 4.90 Å². The minimum Gasteiger partial charge on any atom is -0.378 e. The number of hydrogen-bond donors (Lipinski definition) is 1. The lowest BCUT2D eigenvalue weighted by Gasteiger charge is -2.30. The molecule has 0 radical (unpaired) electrons. The molecule has 1 aromatic carbocycles. The molecule has 0 atom stereocenters. The highest BCUT2D eigenvalue weighted by Crippen LogP contribution is 2.26. The molecular formula is C11H16N2O3S. The zero-order chi connectivity index (χ0) is 12.5. The molecule has 0 aliphatic carbocycles. The van der Waals surface area contributed by atoms with E-state index in [1.165, 1.54) is 0 Å². The summed E-state index contributed by atoms with van der Waals surface area (Å²) in [6.45, 7) is 4.44. The first-order valence-electron chi connectivity index (χ1n) is 5.44. The summed E-state index contributed by atoms with van der Waals surface area (Å²) in [7, 11) is -3.69. The minimum absolute atomic E-state index is 0.194. The van der Waals surface area contributed by atoms with Gasteiger partial charge in [0.15, 0.2) is 0 Å². The Kier molecular flexibility index (Phi) is 3.37. The van der Waals surface area contributed by atoms with E-state index in [1.807, 2.05) is 17.9 Å². The maximum atomic E-state index is 11.6. The molecule has 17 heavy (non-hydrogen) atoms. The van der Waals surface area contributed by atoms with E-state index in [9.17, 15) is 8.42 Å². The number of nitrogens with two attached hydrogens (primary N) is 1. The molecule has 0 unspecified atom stereocenters. The SMILES string of the molecule is Cc1ccc(N2CCOCC2)c(S(N)(=O)=O)c1. The molecule has 1 saturated heterocycles. The number of hydrogen-bond acceptors (Lipinski definition) is 4. The normalized spacial score (nSPS) is 17.2. The topological polar surface area (TPSA) is 72.6 Å². The van der Waals surface area contributed by atoms with Gasteiger partial charge in [-0.1, -0.05) is 6.07 Å². The van der Waals surface area contributed by atoms with Crippen LogP contribution >= 0.6 is 0 Å². The lowest BCUT2D eigenvalue weighted by Crippen LogP contribution is -2.37. The number of rotatable bonds is 2. The largest absolute Gasteiger partial charge is 0.378 e. The average Bonchev–Trinajstić information content (AvgIpc) is 2.29. The average molecular weight is 256 g/mol. The van der Waals surface area contributed by atoms with Gasteiger partial charge in [0.1, 0.15) is 4.90 Å². The van der Waals surface area contributed by atoms with E-state index in [0.717, 1.165) is 5.56 Å². The molecule has 1 aromatic rings. The van der Waals surface area contributed by atoms with Gasteiger partial charge in [0.2, 0.25) is 10.0 Å². The fourth-order valence-electron chi connectivity index (χ4n) is 1.91. The van der Waals surface area contributed by atoms with Gasteiger partial charge in [-0.3, -0.25) is 0 Å². The zero-order valence-electron chi connectivity index (χ0n) is 9.72. The van der Waals surface area contributed by atoms with Gasteiger partial charge in [-0.2, -0.15) is 0 Å². The summed E-state index contributed by atoms with van der Waals surface area (Å²) in [6.07, 6.45) is 0. The molecule has 1 heterocycles. The van der Waals surface area contributed by atoms with Crippen molar-refractivity contribution in [2.24, 2.45) is 5.14 Å². The Bertz CT molecular complexity index is 507. The van der Waals surface area contributed by atoms with E-state index in [2.05, 4.69) is 0 Å². The highest BCUT2D eigenvalue weighted by molar-refractivity contribution is 7.89. The van der Waals surface area contributed by atoms with Gasteiger partial charge < -0.3 is 9.64 Å². The Morgan fingerprint density at radius 3 is 2.53 bits per heavy atom. The van der Waals surface area contributed by atoms with Crippen LogP contribution < -0.4 is 10.0 Å². The van der Waals surface area contributed by atoms with Crippen LogP contribution in [0.4, 0.5) is 5.69 Å². The van der Waals surface area contributed by atoms with Gasteiger partial charge in [-0.05, 0) is 24.6 Å². The fraction of sp³-hybridized carbons (Fsp3) is 0.455. The first-order chi connectivity index (χ1) is 7.98. The summed E-state index contributed by atoms with van der Waals surface area (Å²) < 4.78 is 28.4. The molecule has 1 fully saturated rings. The molecule has 5 nitrogen and oxygen atoms in total. The van der Waals surface area contributed by atoms with E-state index in [1.54, 1.807) is 12.1 Å². The molecule has 2 N–H and O–H groups in total. The lowest BCUT2D eigenvalue weighted by molar-refractivity contribution is 0.122. The van der Waals surface area contributed by atoms with Crippen molar-refractivity contribution in [3.8, 4) is 0 Å². The van der Waals surface area contributed by atoms with Gasteiger partial charge in [0.05, 0.1) is 18.9 Å². The quantitative estimate of drug-likeness (QED) is 0.835. The van der Waals surface area contributed by atoms with E-state index < -0.39 is 10.0 Å². The Labute approximate surface area is 101 Å². The van der Waals surface area contributed by atoms with Crippen LogP contribution in [-0.4, -0.2) is 34.7 Å². The molecule has 0 bridgehead atoms. The van der Waals surface area contributed by atoms with Gasteiger partial charge in [-0.15, -0.1) is 0 Å². The number of ether oxygens (including phenoxy) is 1. The highest BCUT2D eigenvalue weighted by Gasteiger charge is 2.20. The van der Waals surface area contributed by atoms with Crippen molar-refractivity contribution >= 4 is 15.7 Å². The summed E-state index contributed by atoms with van der Waals surface area (Å²) in [4.78, 5) is 2.18. The van der Waals surface area contributed by atoms with E-state index in [0.29, 0.717) is 32.0 Å². The molecule has 0 spiro atoms. The van der Waals surface area contributed by atoms with Crippen LogP contribution in [0.5, 0.6) is 0 Å². The molecule has 0 aromatic heterocycles. The minimum atomic E-state index is -3.69. The van der Waals surface area contributed by atoms with Crippen molar-refractivity contribution in [1.82, 2.24) is 0 Å². The molecule has 1 aliphatic heterocycles. The third-order valence-corrected chi connectivity index (χ3v) is 3.71.